The normalized spacial score (nSPS) is 17.2. The number of rotatable bonds is 5. The molecule has 1 N–H and O–H groups in total. The number of aromatic nitrogens is 1. The van der Waals surface area contributed by atoms with Crippen LogP contribution in [0.5, 0.6) is 0 Å². The summed E-state index contributed by atoms with van der Waals surface area (Å²) in [4.78, 5) is 40.8. The second-order valence-corrected chi connectivity index (χ2v) is 9.28. The Bertz CT molecular complexity index is 1080. The summed E-state index contributed by atoms with van der Waals surface area (Å²) in [6.07, 6.45) is 6.99. The van der Waals surface area contributed by atoms with Crippen LogP contribution in [0.4, 0.5) is 4.39 Å². The molecule has 0 atom stereocenters. The molecule has 0 radical (unpaired) electrons. The van der Waals surface area contributed by atoms with E-state index in [2.05, 4.69) is 12.2 Å². The first-order chi connectivity index (χ1) is 15.3. The average Bonchev–Trinajstić information content (AvgIpc) is 3.23. The molecule has 32 heavy (non-hydrogen) atoms. The van der Waals surface area contributed by atoms with Crippen molar-refractivity contribution in [1.29, 1.82) is 0 Å². The van der Waals surface area contributed by atoms with E-state index in [4.69, 9.17) is 0 Å². The molecule has 0 saturated heterocycles. The van der Waals surface area contributed by atoms with Gasteiger partial charge in [-0.1, -0.05) is 26.7 Å². The van der Waals surface area contributed by atoms with Crippen molar-refractivity contribution in [2.24, 2.45) is 5.41 Å². The first-order valence-corrected chi connectivity index (χ1v) is 11.4. The first-order valence-electron chi connectivity index (χ1n) is 11.4. The highest BCUT2D eigenvalue weighted by molar-refractivity contribution is 5.96. The Morgan fingerprint density at radius 1 is 1.16 bits per heavy atom. The smallest absolute Gasteiger partial charge is 0.268 e. The molecule has 170 valence electrons. The number of nitrogens with one attached hydrogen (secondary N) is 1. The Morgan fingerprint density at radius 3 is 2.50 bits per heavy atom. The van der Waals surface area contributed by atoms with E-state index in [0.717, 1.165) is 31.2 Å². The molecule has 4 rings (SSSR count). The third kappa shape index (κ3) is 4.33. The molecule has 2 heterocycles. The molecule has 2 aliphatic rings. The molecule has 2 aromatic rings. The Labute approximate surface area is 187 Å². The lowest BCUT2D eigenvalue weighted by atomic mass is 9.88. The number of pyridine rings is 1. The van der Waals surface area contributed by atoms with Gasteiger partial charge >= 0.3 is 0 Å². The van der Waals surface area contributed by atoms with Crippen LogP contribution in [0.2, 0.25) is 0 Å². The van der Waals surface area contributed by atoms with Crippen molar-refractivity contribution in [1.82, 2.24) is 14.8 Å². The summed E-state index contributed by atoms with van der Waals surface area (Å²) in [7, 11) is 0. The summed E-state index contributed by atoms with van der Waals surface area (Å²) in [6, 6.07) is 5.61. The Kier molecular flexibility index (Phi) is 6.17. The van der Waals surface area contributed by atoms with E-state index in [0.29, 0.717) is 43.7 Å². The minimum absolute atomic E-state index is 0.0374. The number of halogens is 1. The molecule has 1 aliphatic heterocycles. The quantitative estimate of drug-likeness (QED) is 0.774. The molecule has 1 aromatic heterocycles. The highest BCUT2D eigenvalue weighted by Gasteiger charge is 2.31. The summed E-state index contributed by atoms with van der Waals surface area (Å²) in [6.45, 7) is 5.36. The maximum absolute atomic E-state index is 13.5. The van der Waals surface area contributed by atoms with Crippen molar-refractivity contribution in [2.75, 3.05) is 13.1 Å². The number of benzene rings is 1. The lowest BCUT2D eigenvalue weighted by molar-refractivity contribution is -0.131. The fraction of sp³-hybridized carbons (Fsp3) is 0.480. The van der Waals surface area contributed by atoms with Crippen molar-refractivity contribution in [3.8, 4) is 5.69 Å². The van der Waals surface area contributed by atoms with E-state index in [1.54, 1.807) is 11.1 Å². The largest absolute Gasteiger partial charge is 0.351 e. The zero-order valence-corrected chi connectivity index (χ0v) is 18.7. The van der Waals surface area contributed by atoms with Crippen LogP contribution < -0.4 is 10.9 Å². The molecule has 1 aromatic carbocycles. The summed E-state index contributed by atoms with van der Waals surface area (Å²) >= 11 is 0. The number of fused-ring (bicyclic) bond motifs is 1. The van der Waals surface area contributed by atoms with Crippen molar-refractivity contribution in [2.45, 2.75) is 58.9 Å². The van der Waals surface area contributed by atoms with Gasteiger partial charge in [-0.2, -0.15) is 0 Å². The van der Waals surface area contributed by atoms with Gasteiger partial charge in [0, 0.05) is 37.9 Å². The fourth-order valence-electron chi connectivity index (χ4n) is 4.91. The van der Waals surface area contributed by atoms with Gasteiger partial charge in [-0.15, -0.1) is 0 Å². The van der Waals surface area contributed by atoms with Crippen molar-refractivity contribution >= 4 is 11.8 Å². The standard InChI is InChI=1S/C25H30FN3O3/c1-3-21(30)28-13-10-20-17(14-28)15-29(19-8-6-18(26)7-9-19)24(32)22(20)23(31)27-16-25(2)11-4-5-12-25/h6-9,15H,3-5,10-14,16H2,1-2H3,(H,27,31). The maximum Gasteiger partial charge on any atom is 0.268 e. The van der Waals surface area contributed by atoms with Crippen LogP contribution in [0.3, 0.4) is 0 Å². The van der Waals surface area contributed by atoms with E-state index in [-0.39, 0.29) is 22.8 Å². The van der Waals surface area contributed by atoms with Gasteiger partial charge in [-0.05, 0) is 60.1 Å². The average molecular weight is 440 g/mol. The topological polar surface area (TPSA) is 71.4 Å². The molecule has 1 aliphatic carbocycles. The summed E-state index contributed by atoms with van der Waals surface area (Å²) < 4.78 is 14.8. The van der Waals surface area contributed by atoms with Crippen LogP contribution in [0.1, 0.15) is 67.4 Å². The molecule has 1 saturated carbocycles. The third-order valence-electron chi connectivity index (χ3n) is 6.87. The predicted molar refractivity (Wildman–Crippen MR) is 120 cm³/mol. The van der Waals surface area contributed by atoms with Crippen molar-refractivity contribution in [3.05, 3.63) is 63.3 Å². The van der Waals surface area contributed by atoms with E-state index in [1.165, 1.54) is 28.8 Å². The number of hydrogen-bond donors (Lipinski definition) is 1. The monoisotopic (exact) mass is 439 g/mol. The van der Waals surface area contributed by atoms with E-state index >= 15 is 0 Å². The SMILES string of the molecule is CCC(=O)N1CCc2c(cn(-c3ccc(F)cc3)c(=O)c2C(=O)NCC2(C)CCCC2)C1. The van der Waals surface area contributed by atoms with Gasteiger partial charge in [0.05, 0.1) is 0 Å². The van der Waals surface area contributed by atoms with Gasteiger partial charge in [0.25, 0.3) is 11.5 Å². The molecule has 7 heteroatoms. The van der Waals surface area contributed by atoms with Crippen LogP contribution in [0.25, 0.3) is 5.69 Å². The van der Waals surface area contributed by atoms with E-state index < -0.39 is 11.4 Å². The Balaban J connectivity index is 1.74. The lowest BCUT2D eigenvalue weighted by Crippen LogP contribution is -2.42. The van der Waals surface area contributed by atoms with Crippen LogP contribution >= 0.6 is 0 Å². The van der Waals surface area contributed by atoms with E-state index in [9.17, 15) is 18.8 Å². The van der Waals surface area contributed by atoms with Gasteiger partial charge in [-0.25, -0.2) is 4.39 Å². The summed E-state index contributed by atoms with van der Waals surface area (Å²) in [5.41, 5.74) is 1.75. The molecular weight excluding hydrogens is 409 g/mol. The molecule has 2 amide bonds. The highest BCUT2D eigenvalue weighted by atomic mass is 19.1. The second-order valence-electron chi connectivity index (χ2n) is 9.28. The Hall–Kier alpha value is -2.96. The third-order valence-corrected chi connectivity index (χ3v) is 6.87. The van der Waals surface area contributed by atoms with Gasteiger partial charge in [0.2, 0.25) is 5.91 Å². The maximum atomic E-state index is 13.5. The highest BCUT2D eigenvalue weighted by Crippen LogP contribution is 2.36. The van der Waals surface area contributed by atoms with Crippen LogP contribution in [-0.2, 0) is 17.8 Å². The minimum atomic E-state index is -0.417. The first kappa shape index (κ1) is 22.2. The summed E-state index contributed by atoms with van der Waals surface area (Å²) in [5.74, 6) is -0.733. The second kappa shape index (κ2) is 8.88. The number of nitrogens with zero attached hydrogens (tertiary/aromatic N) is 2. The number of hydrogen-bond acceptors (Lipinski definition) is 3. The molecule has 0 spiro atoms. The zero-order chi connectivity index (χ0) is 22.9. The van der Waals surface area contributed by atoms with Gasteiger partial charge < -0.3 is 10.2 Å². The van der Waals surface area contributed by atoms with Crippen LogP contribution in [0.15, 0.2) is 35.3 Å². The lowest BCUT2D eigenvalue weighted by Gasteiger charge is -2.30. The van der Waals surface area contributed by atoms with Crippen LogP contribution in [0, 0.1) is 11.2 Å². The van der Waals surface area contributed by atoms with Gasteiger partial charge in [-0.3, -0.25) is 19.0 Å². The molecule has 6 nitrogen and oxygen atoms in total. The number of amides is 2. The minimum Gasteiger partial charge on any atom is -0.351 e. The van der Waals surface area contributed by atoms with E-state index in [1.807, 2.05) is 6.92 Å². The van der Waals surface area contributed by atoms with Crippen molar-refractivity contribution < 1.29 is 14.0 Å². The molecule has 1 fully saturated rings. The molecule has 0 bridgehead atoms. The number of carbonyl (C=O) groups excluding carboxylic acids is 2. The summed E-state index contributed by atoms with van der Waals surface area (Å²) in [5, 5.41) is 3.01. The zero-order valence-electron chi connectivity index (χ0n) is 18.7. The van der Waals surface area contributed by atoms with Crippen molar-refractivity contribution in [3.63, 3.8) is 0 Å². The van der Waals surface area contributed by atoms with Crippen LogP contribution in [-0.4, -0.2) is 34.4 Å². The predicted octanol–water partition coefficient (Wildman–Crippen LogP) is 3.58. The van der Waals surface area contributed by atoms with Gasteiger partial charge in [0.1, 0.15) is 11.4 Å². The fourth-order valence-corrected chi connectivity index (χ4v) is 4.91. The molecular formula is C25H30FN3O3. The Morgan fingerprint density at radius 2 is 1.84 bits per heavy atom. The molecule has 0 unspecified atom stereocenters. The number of carbonyl (C=O) groups is 2. The van der Waals surface area contributed by atoms with Gasteiger partial charge in [0.15, 0.2) is 0 Å².